The summed E-state index contributed by atoms with van der Waals surface area (Å²) in [5.74, 6) is 0. The number of aliphatic imine (C=N–C) groups is 1. The van der Waals surface area contributed by atoms with E-state index in [0.29, 0.717) is 6.42 Å². The van der Waals surface area contributed by atoms with E-state index < -0.39 is 5.60 Å². The summed E-state index contributed by atoms with van der Waals surface area (Å²) in [7, 11) is 0. The van der Waals surface area contributed by atoms with Gasteiger partial charge in [0.05, 0.1) is 11.4 Å². The van der Waals surface area contributed by atoms with Gasteiger partial charge in [-0.25, -0.2) is 4.99 Å². The molecule has 0 bridgehead atoms. The van der Waals surface area contributed by atoms with Crippen molar-refractivity contribution in [3.05, 3.63) is 126 Å². The summed E-state index contributed by atoms with van der Waals surface area (Å²) in [4.78, 5) is 5.14. The third-order valence-electron chi connectivity index (χ3n) is 6.30. The van der Waals surface area contributed by atoms with Gasteiger partial charge in [-0.1, -0.05) is 103 Å². The second-order valence-electron chi connectivity index (χ2n) is 8.19. The fourth-order valence-electron chi connectivity index (χ4n) is 4.88. The highest BCUT2D eigenvalue weighted by atomic mass is 16.3. The van der Waals surface area contributed by atoms with Gasteiger partial charge >= 0.3 is 0 Å². The van der Waals surface area contributed by atoms with Gasteiger partial charge in [-0.15, -0.1) is 0 Å². The average molecular weight is 399 g/mol. The summed E-state index contributed by atoms with van der Waals surface area (Å²) in [6.07, 6.45) is 0.477. The van der Waals surface area contributed by atoms with E-state index in [4.69, 9.17) is 4.99 Å². The van der Waals surface area contributed by atoms with Crippen LogP contribution < -0.4 is 0 Å². The van der Waals surface area contributed by atoms with Crippen LogP contribution in [0.4, 0.5) is 5.69 Å². The first-order chi connectivity index (χ1) is 15.2. The maximum absolute atomic E-state index is 12.2. The average Bonchev–Trinajstić information content (AvgIpc) is 3.04. The fourth-order valence-corrected chi connectivity index (χ4v) is 4.88. The van der Waals surface area contributed by atoms with Gasteiger partial charge in [0.15, 0.2) is 0 Å². The molecule has 0 aliphatic heterocycles. The zero-order valence-corrected chi connectivity index (χ0v) is 17.0. The van der Waals surface area contributed by atoms with Gasteiger partial charge in [0.25, 0.3) is 0 Å². The first-order valence-corrected chi connectivity index (χ1v) is 10.6. The Kier molecular flexibility index (Phi) is 4.02. The zero-order valence-electron chi connectivity index (χ0n) is 17.0. The summed E-state index contributed by atoms with van der Waals surface area (Å²) in [5, 5.41) is 16.7. The van der Waals surface area contributed by atoms with Crippen molar-refractivity contribution in [2.45, 2.75) is 12.0 Å². The molecule has 1 aliphatic carbocycles. The number of rotatable bonds is 3. The Morgan fingerprint density at radius 1 is 0.645 bits per heavy atom. The summed E-state index contributed by atoms with van der Waals surface area (Å²) in [6, 6.07) is 37.0. The maximum atomic E-state index is 12.2. The number of aliphatic hydroxyl groups is 1. The predicted molar refractivity (Wildman–Crippen MR) is 128 cm³/mol. The van der Waals surface area contributed by atoms with Crippen LogP contribution in [0.25, 0.3) is 21.5 Å². The Morgan fingerprint density at radius 3 is 2.19 bits per heavy atom. The third kappa shape index (κ3) is 2.80. The van der Waals surface area contributed by atoms with Crippen molar-refractivity contribution >= 4 is 32.9 Å². The summed E-state index contributed by atoms with van der Waals surface area (Å²) in [6.45, 7) is 0. The van der Waals surface area contributed by atoms with Crippen LogP contribution in [0.1, 0.15) is 16.7 Å². The first kappa shape index (κ1) is 18.1. The minimum Gasteiger partial charge on any atom is -0.378 e. The quantitative estimate of drug-likeness (QED) is 0.366. The smallest absolute Gasteiger partial charge is 0.137 e. The van der Waals surface area contributed by atoms with Crippen molar-refractivity contribution in [2.24, 2.45) is 4.99 Å². The van der Waals surface area contributed by atoms with E-state index in [9.17, 15) is 5.11 Å². The first-order valence-electron chi connectivity index (χ1n) is 10.6. The van der Waals surface area contributed by atoms with Crippen LogP contribution in [0.3, 0.4) is 0 Å². The number of fused-ring (bicyclic) bond motifs is 1. The molecule has 0 aromatic heterocycles. The third-order valence-corrected chi connectivity index (χ3v) is 6.30. The van der Waals surface area contributed by atoms with E-state index >= 15 is 0 Å². The topological polar surface area (TPSA) is 32.6 Å². The SMILES string of the molecule is OC1(Cc2ccccc2)/C(=N/c2cccc3ccccc23)c2cccc3cccc1c23. The van der Waals surface area contributed by atoms with E-state index in [1.807, 2.05) is 60.7 Å². The fraction of sp³-hybridized carbons (Fsp3) is 0.0690. The van der Waals surface area contributed by atoms with E-state index in [2.05, 4.69) is 48.5 Å². The van der Waals surface area contributed by atoms with Gasteiger partial charge < -0.3 is 5.11 Å². The Labute approximate surface area is 181 Å². The van der Waals surface area contributed by atoms with Crippen LogP contribution in [0.15, 0.2) is 114 Å². The molecule has 1 unspecified atom stereocenters. The Morgan fingerprint density at radius 2 is 1.32 bits per heavy atom. The summed E-state index contributed by atoms with van der Waals surface area (Å²) in [5.41, 5.74) is 3.44. The van der Waals surface area contributed by atoms with E-state index in [0.717, 1.165) is 49.6 Å². The monoisotopic (exact) mass is 399 g/mol. The minimum absolute atomic E-state index is 0.477. The van der Waals surface area contributed by atoms with E-state index in [-0.39, 0.29) is 0 Å². The van der Waals surface area contributed by atoms with Gasteiger partial charge in [-0.2, -0.15) is 0 Å². The van der Waals surface area contributed by atoms with Crippen LogP contribution in [0.5, 0.6) is 0 Å². The normalized spacial score (nSPS) is 18.8. The second kappa shape index (κ2) is 6.90. The van der Waals surface area contributed by atoms with Crippen molar-refractivity contribution in [1.82, 2.24) is 0 Å². The highest BCUT2D eigenvalue weighted by Crippen LogP contribution is 2.44. The molecule has 0 saturated carbocycles. The Bertz CT molecular complexity index is 1460. The lowest BCUT2D eigenvalue weighted by atomic mass is 9.86. The number of benzene rings is 5. The van der Waals surface area contributed by atoms with Crippen LogP contribution >= 0.6 is 0 Å². The van der Waals surface area contributed by atoms with E-state index in [1.54, 1.807) is 0 Å². The molecular formula is C29H21NO. The number of hydrogen-bond acceptors (Lipinski definition) is 2. The van der Waals surface area contributed by atoms with Crippen LogP contribution in [-0.2, 0) is 12.0 Å². The lowest BCUT2D eigenvalue weighted by molar-refractivity contribution is 0.116. The second-order valence-corrected chi connectivity index (χ2v) is 8.19. The Balaban J connectivity index is 1.63. The highest BCUT2D eigenvalue weighted by Gasteiger charge is 2.44. The maximum Gasteiger partial charge on any atom is 0.137 e. The van der Waals surface area contributed by atoms with Gasteiger partial charge in [0, 0.05) is 17.4 Å². The molecule has 31 heavy (non-hydrogen) atoms. The lowest BCUT2D eigenvalue weighted by Crippen LogP contribution is -2.35. The molecule has 6 rings (SSSR count). The lowest BCUT2D eigenvalue weighted by Gasteiger charge is -2.26. The predicted octanol–water partition coefficient (Wildman–Crippen LogP) is 6.56. The molecule has 0 heterocycles. The van der Waals surface area contributed by atoms with Crippen molar-refractivity contribution in [1.29, 1.82) is 0 Å². The largest absolute Gasteiger partial charge is 0.378 e. The zero-order chi connectivity index (χ0) is 20.8. The van der Waals surface area contributed by atoms with Crippen molar-refractivity contribution in [3.63, 3.8) is 0 Å². The summed E-state index contributed by atoms with van der Waals surface area (Å²) >= 11 is 0. The molecule has 0 fully saturated rings. The number of hydrogen-bond donors (Lipinski definition) is 1. The molecule has 1 N–H and O–H groups in total. The molecule has 1 aliphatic rings. The van der Waals surface area contributed by atoms with Crippen LogP contribution in [0.2, 0.25) is 0 Å². The molecule has 5 aromatic carbocycles. The number of nitrogens with zero attached hydrogens (tertiary/aromatic N) is 1. The van der Waals surface area contributed by atoms with Gasteiger partial charge in [0.1, 0.15) is 5.60 Å². The molecule has 148 valence electrons. The van der Waals surface area contributed by atoms with Crippen LogP contribution in [0, 0.1) is 0 Å². The molecule has 0 amide bonds. The molecular weight excluding hydrogens is 378 g/mol. The molecule has 0 spiro atoms. The molecule has 0 saturated heterocycles. The summed E-state index contributed by atoms with van der Waals surface area (Å²) < 4.78 is 0. The standard InChI is InChI=1S/C29H21NO/c31-29(19-20-9-2-1-3-10-20)25-17-7-14-22-13-6-16-24(27(22)25)28(29)30-26-18-8-12-21-11-4-5-15-23(21)26/h1-18,31H,19H2/b30-28+. The molecule has 2 nitrogen and oxygen atoms in total. The van der Waals surface area contributed by atoms with E-state index in [1.165, 1.54) is 0 Å². The van der Waals surface area contributed by atoms with Gasteiger partial charge in [-0.3, -0.25) is 0 Å². The van der Waals surface area contributed by atoms with Gasteiger partial charge in [-0.05, 0) is 33.4 Å². The Hall–Kier alpha value is -3.75. The van der Waals surface area contributed by atoms with Crippen molar-refractivity contribution < 1.29 is 5.11 Å². The van der Waals surface area contributed by atoms with Crippen LogP contribution in [-0.4, -0.2) is 10.8 Å². The van der Waals surface area contributed by atoms with Crippen molar-refractivity contribution in [2.75, 3.05) is 0 Å². The molecule has 5 aromatic rings. The molecule has 1 atom stereocenters. The van der Waals surface area contributed by atoms with Crippen molar-refractivity contribution in [3.8, 4) is 0 Å². The molecule has 0 radical (unpaired) electrons. The molecule has 2 heteroatoms. The minimum atomic E-state index is -1.19. The van der Waals surface area contributed by atoms with Gasteiger partial charge in [0.2, 0.25) is 0 Å². The highest BCUT2D eigenvalue weighted by molar-refractivity contribution is 6.23.